The first-order valence-electron chi connectivity index (χ1n) is 7.93. The number of nitrogens with zero attached hydrogens (tertiary/aromatic N) is 4. The van der Waals surface area contributed by atoms with E-state index in [-0.39, 0.29) is 25.0 Å². The maximum absolute atomic E-state index is 12.9. The minimum atomic E-state index is -0.105. The van der Waals surface area contributed by atoms with Gasteiger partial charge < -0.3 is 10.0 Å². The maximum atomic E-state index is 12.9. The molecule has 124 valence electrons. The SMILES string of the molecule is CCn1cc(C(=O)N(CCO)Cc2cccnc2)c(C(C)C)n1. The van der Waals surface area contributed by atoms with Crippen molar-refractivity contribution in [2.75, 3.05) is 13.2 Å². The molecular formula is C17H24N4O2. The lowest BCUT2D eigenvalue weighted by molar-refractivity contribution is 0.0706. The number of rotatable bonds is 7. The number of aryl methyl sites for hydroxylation is 1. The van der Waals surface area contributed by atoms with Crippen LogP contribution in [0.2, 0.25) is 0 Å². The van der Waals surface area contributed by atoms with Gasteiger partial charge in [-0.25, -0.2) is 0 Å². The summed E-state index contributed by atoms with van der Waals surface area (Å²) in [6.45, 7) is 7.38. The predicted octanol–water partition coefficient (Wildman–Crippen LogP) is 2.06. The van der Waals surface area contributed by atoms with Crippen molar-refractivity contribution >= 4 is 5.91 Å². The molecule has 1 amide bonds. The van der Waals surface area contributed by atoms with Gasteiger partial charge in [-0.15, -0.1) is 0 Å². The average Bonchev–Trinajstić information content (AvgIpc) is 2.99. The number of pyridine rings is 1. The summed E-state index contributed by atoms with van der Waals surface area (Å²) in [5, 5.41) is 13.8. The minimum absolute atomic E-state index is 0.0784. The Labute approximate surface area is 136 Å². The molecule has 0 aliphatic heterocycles. The second-order valence-electron chi connectivity index (χ2n) is 5.75. The largest absolute Gasteiger partial charge is 0.395 e. The lowest BCUT2D eigenvalue weighted by Crippen LogP contribution is -2.33. The summed E-state index contributed by atoms with van der Waals surface area (Å²) >= 11 is 0. The third-order valence-corrected chi connectivity index (χ3v) is 3.64. The number of aromatic nitrogens is 3. The molecule has 2 aromatic rings. The number of aliphatic hydroxyl groups is 1. The molecule has 0 fully saturated rings. The fourth-order valence-electron chi connectivity index (χ4n) is 2.45. The van der Waals surface area contributed by atoms with Crippen LogP contribution in [0.25, 0.3) is 0 Å². The van der Waals surface area contributed by atoms with Crippen LogP contribution in [-0.2, 0) is 13.1 Å². The van der Waals surface area contributed by atoms with Crippen LogP contribution in [0.3, 0.4) is 0 Å². The van der Waals surface area contributed by atoms with Gasteiger partial charge in [-0.3, -0.25) is 14.5 Å². The molecule has 2 rings (SSSR count). The van der Waals surface area contributed by atoms with E-state index in [1.807, 2.05) is 32.9 Å². The summed E-state index contributed by atoms with van der Waals surface area (Å²) < 4.78 is 1.78. The molecular weight excluding hydrogens is 292 g/mol. The van der Waals surface area contributed by atoms with E-state index in [2.05, 4.69) is 10.1 Å². The lowest BCUT2D eigenvalue weighted by Gasteiger charge is -2.22. The highest BCUT2D eigenvalue weighted by Gasteiger charge is 2.23. The molecule has 0 unspecified atom stereocenters. The Bertz CT molecular complexity index is 637. The van der Waals surface area contributed by atoms with Crippen LogP contribution in [0.4, 0.5) is 0 Å². The fraction of sp³-hybridized carbons (Fsp3) is 0.471. The third kappa shape index (κ3) is 4.16. The molecule has 0 aromatic carbocycles. The van der Waals surface area contributed by atoms with Gasteiger partial charge in [-0.05, 0) is 24.5 Å². The number of amides is 1. The number of carbonyl (C=O) groups is 1. The summed E-state index contributed by atoms with van der Waals surface area (Å²) in [5.74, 6) is 0.0578. The van der Waals surface area contributed by atoms with Crippen LogP contribution in [0.15, 0.2) is 30.7 Å². The van der Waals surface area contributed by atoms with E-state index in [0.29, 0.717) is 12.1 Å². The van der Waals surface area contributed by atoms with Crippen LogP contribution >= 0.6 is 0 Å². The molecule has 0 spiro atoms. The van der Waals surface area contributed by atoms with Crippen molar-refractivity contribution in [3.63, 3.8) is 0 Å². The fourth-order valence-corrected chi connectivity index (χ4v) is 2.45. The molecule has 0 aliphatic rings. The van der Waals surface area contributed by atoms with Gasteiger partial charge in [-0.1, -0.05) is 19.9 Å². The third-order valence-electron chi connectivity index (χ3n) is 3.64. The van der Waals surface area contributed by atoms with E-state index in [4.69, 9.17) is 0 Å². The van der Waals surface area contributed by atoms with Crippen molar-refractivity contribution in [3.8, 4) is 0 Å². The predicted molar refractivity (Wildman–Crippen MR) is 88.1 cm³/mol. The number of hydrogen-bond donors (Lipinski definition) is 1. The molecule has 23 heavy (non-hydrogen) atoms. The van der Waals surface area contributed by atoms with Gasteiger partial charge >= 0.3 is 0 Å². The van der Waals surface area contributed by atoms with Crippen LogP contribution in [0, 0.1) is 0 Å². The zero-order valence-corrected chi connectivity index (χ0v) is 13.9. The highest BCUT2D eigenvalue weighted by atomic mass is 16.3. The molecule has 6 heteroatoms. The molecule has 0 radical (unpaired) electrons. The summed E-state index contributed by atoms with van der Waals surface area (Å²) in [6, 6.07) is 3.76. The van der Waals surface area contributed by atoms with Crippen molar-refractivity contribution in [1.29, 1.82) is 0 Å². The topological polar surface area (TPSA) is 71.2 Å². The first kappa shape index (κ1) is 17.1. The summed E-state index contributed by atoms with van der Waals surface area (Å²) in [4.78, 5) is 18.6. The van der Waals surface area contributed by atoms with E-state index >= 15 is 0 Å². The Morgan fingerprint density at radius 1 is 1.43 bits per heavy atom. The van der Waals surface area contributed by atoms with Crippen molar-refractivity contribution in [2.24, 2.45) is 0 Å². The van der Waals surface area contributed by atoms with Gasteiger partial charge in [0.15, 0.2) is 0 Å². The van der Waals surface area contributed by atoms with Gasteiger partial charge in [0.25, 0.3) is 5.91 Å². The van der Waals surface area contributed by atoms with Crippen LogP contribution in [-0.4, -0.2) is 43.8 Å². The molecule has 1 N–H and O–H groups in total. The second-order valence-corrected chi connectivity index (χ2v) is 5.75. The molecule has 6 nitrogen and oxygen atoms in total. The standard InChI is InChI=1S/C17H24N4O2/c1-4-21-12-15(16(19-21)13(2)3)17(23)20(8-9-22)11-14-6-5-7-18-10-14/h5-7,10,12-13,22H,4,8-9,11H2,1-3H3. The summed E-state index contributed by atoms with van der Waals surface area (Å²) in [6.07, 6.45) is 5.23. The number of carbonyl (C=O) groups excluding carboxylic acids is 1. The van der Waals surface area contributed by atoms with E-state index in [1.165, 1.54) is 0 Å². The molecule has 2 heterocycles. The minimum Gasteiger partial charge on any atom is -0.395 e. The normalized spacial score (nSPS) is 11.0. The highest BCUT2D eigenvalue weighted by molar-refractivity contribution is 5.95. The number of hydrogen-bond acceptors (Lipinski definition) is 4. The zero-order valence-electron chi connectivity index (χ0n) is 13.9. The number of aliphatic hydroxyl groups excluding tert-OH is 1. The smallest absolute Gasteiger partial charge is 0.257 e. The van der Waals surface area contributed by atoms with Gasteiger partial charge in [0.1, 0.15) is 0 Å². The molecule has 0 saturated carbocycles. The first-order chi connectivity index (χ1) is 11.1. The second kappa shape index (κ2) is 7.87. The first-order valence-corrected chi connectivity index (χ1v) is 7.93. The van der Waals surface area contributed by atoms with Crippen molar-refractivity contribution < 1.29 is 9.90 Å². The van der Waals surface area contributed by atoms with E-state index in [9.17, 15) is 9.90 Å². The molecule has 2 aromatic heterocycles. The Kier molecular flexibility index (Phi) is 5.87. The lowest BCUT2D eigenvalue weighted by atomic mass is 10.1. The van der Waals surface area contributed by atoms with Gasteiger partial charge in [-0.2, -0.15) is 5.10 Å². The van der Waals surface area contributed by atoms with Crippen molar-refractivity contribution in [3.05, 3.63) is 47.5 Å². The van der Waals surface area contributed by atoms with Crippen molar-refractivity contribution in [1.82, 2.24) is 19.7 Å². The summed E-state index contributed by atoms with van der Waals surface area (Å²) in [7, 11) is 0. The Hall–Kier alpha value is -2.21. The quantitative estimate of drug-likeness (QED) is 0.848. The van der Waals surface area contributed by atoms with E-state index in [0.717, 1.165) is 17.8 Å². The van der Waals surface area contributed by atoms with Crippen LogP contribution in [0.1, 0.15) is 48.3 Å². The van der Waals surface area contributed by atoms with Crippen molar-refractivity contribution in [2.45, 2.75) is 39.8 Å². The van der Waals surface area contributed by atoms with E-state index in [1.54, 1.807) is 28.2 Å². The Balaban J connectivity index is 2.28. The highest BCUT2D eigenvalue weighted by Crippen LogP contribution is 2.20. The molecule has 0 bridgehead atoms. The van der Waals surface area contributed by atoms with E-state index < -0.39 is 0 Å². The van der Waals surface area contributed by atoms with Crippen LogP contribution < -0.4 is 0 Å². The summed E-state index contributed by atoms with van der Waals surface area (Å²) in [5.41, 5.74) is 2.34. The van der Waals surface area contributed by atoms with Crippen LogP contribution in [0.5, 0.6) is 0 Å². The average molecular weight is 316 g/mol. The zero-order chi connectivity index (χ0) is 16.8. The molecule has 0 saturated heterocycles. The Morgan fingerprint density at radius 3 is 2.78 bits per heavy atom. The Morgan fingerprint density at radius 2 is 2.22 bits per heavy atom. The molecule has 0 aliphatic carbocycles. The maximum Gasteiger partial charge on any atom is 0.257 e. The monoisotopic (exact) mass is 316 g/mol. The van der Waals surface area contributed by atoms with Gasteiger partial charge in [0.2, 0.25) is 0 Å². The van der Waals surface area contributed by atoms with Gasteiger partial charge in [0.05, 0.1) is 17.9 Å². The molecule has 0 atom stereocenters. The van der Waals surface area contributed by atoms with Gasteiger partial charge in [0, 0.05) is 38.2 Å².